The van der Waals surface area contributed by atoms with Crippen LogP contribution in [-0.2, 0) is 11.3 Å². The molecule has 3 nitrogen and oxygen atoms in total. The lowest BCUT2D eigenvalue weighted by atomic mass is 9.91. The summed E-state index contributed by atoms with van der Waals surface area (Å²) >= 11 is 8.29. The van der Waals surface area contributed by atoms with Gasteiger partial charge in [-0.3, -0.25) is 0 Å². The summed E-state index contributed by atoms with van der Waals surface area (Å²) < 4.78 is 12.3. The fourth-order valence-electron chi connectivity index (χ4n) is 3.12. The molecule has 0 aliphatic carbocycles. The second-order valence-electron chi connectivity index (χ2n) is 5.81. The standard InChI is InChI=1S/C16H22ClNO2S/c1-18-10-13-14(17)3-2-4-15(13)20-12-5-7-19-16(9-12)6-8-21-11-16/h2-4,12,18H,5-11H2,1H3. The number of hydrogen-bond donors (Lipinski definition) is 1. The first-order valence-electron chi connectivity index (χ1n) is 7.53. The Labute approximate surface area is 135 Å². The molecule has 2 unspecified atom stereocenters. The molecule has 1 aromatic carbocycles. The number of ether oxygens (including phenoxy) is 2. The quantitative estimate of drug-likeness (QED) is 0.917. The molecule has 2 saturated heterocycles. The van der Waals surface area contributed by atoms with Crippen LogP contribution in [0.3, 0.4) is 0 Å². The van der Waals surface area contributed by atoms with Crippen molar-refractivity contribution < 1.29 is 9.47 Å². The summed E-state index contributed by atoms with van der Waals surface area (Å²) in [6.45, 7) is 1.52. The summed E-state index contributed by atoms with van der Waals surface area (Å²) in [4.78, 5) is 0. The monoisotopic (exact) mass is 327 g/mol. The summed E-state index contributed by atoms with van der Waals surface area (Å²) in [5.41, 5.74) is 1.10. The van der Waals surface area contributed by atoms with Crippen LogP contribution >= 0.6 is 23.4 Å². The van der Waals surface area contributed by atoms with Crippen LogP contribution in [-0.4, -0.2) is 36.9 Å². The highest BCUT2D eigenvalue weighted by Crippen LogP contribution is 2.40. The Morgan fingerprint density at radius 1 is 1.52 bits per heavy atom. The maximum absolute atomic E-state index is 6.30. The van der Waals surface area contributed by atoms with Crippen LogP contribution in [0.1, 0.15) is 24.8 Å². The van der Waals surface area contributed by atoms with Gasteiger partial charge in [-0.1, -0.05) is 17.7 Å². The van der Waals surface area contributed by atoms with Gasteiger partial charge >= 0.3 is 0 Å². The third kappa shape index (κ3) is 3.50. The Kier molecular flexibility index (Phi) is 4.99. The maximum atomic E-state index is 6.30. The molecule has 1 N–H and O–H groups in total. The van der Waals surface area contributed by atoms with E-state index in [0.717, 1.165) is 54.5 Å². The summed E-state index contributed by atoms with van der Waals surface area (Å²) in [5.74, 6) is 3.21. The largest absolute Gasteiger partial charge is 0.490 e. The Hall–Kier alpha value is -0.420. The minimum absolute atomic E-state index is 0.0509. The first-order valence-corrected chi connectivity index (χ1v) is 9.06. The van der Waals surface area contributed by atoms with Gasteiger partial charge in [0, 0.05) is 35.7 Å². The van der Waals surface area contributed by atoms with Gasteiger partial charge in [0.2, 0.25) is 0 Å². The van der Waals surface area contributed by atoms with Crippen LogP contribution in [0.4, 0.5) is 0 Å². The van der Waals surface area contributed by atoms with Crippen LogP contribution in [0.2, 0.25) is 5.02 Å². The third-order valence-electron chi connectivity index (χ3n) is 4.24. The average molecular weight is 328 g/mol. The van der Waals surface area contributed by atoms with Crippen molar-refractivity contribution in [3.05, 3.63) is 28.8 Å². The highest BCUT2D eigenvalue weighted by Gasteiger charge is 2.41. The van der Waals surface area contributed by atoms with Crippen molar-refractivity contribution in [2.45, 2.75) is 37.5 Å². The van der Waals surface area contributed by atoms with Crippen molar-refractivity contribution >= 4 is 23.4 Å². The van der Waals surface area contributed by atoms with E-state index in [4.69, 9.17) is 21.1 Å². The normalized spacial score (nSPS) is 29.0. The van der Waals surface area contributed by atoms with Crippen molar-refractivity contribution in [2.24, 2.45) is 0 Å². The summed E-state index contributed by atoms with van der Waals surface area (Å²) in [6, 6.07) is 5.89. The molecular formula is C16H22ClNO2S. The van der Waals surface area contributed by atoms with E-state index < -0.39 is 0 Å². The topological polar surface area (TPSA) is 30.5 Å². The van der Waals surface area contributed by atoms with Crippen molar-refractivity contribution in [1.82, 2.24) is 5.32 Å². The molecule has 2 aliphatic rings. The molecule has 2 atom stereocenters. The van der Waals surface area contributed by atoms with Gasteiger partial charge in [0.05, 0.1) is 12.2 Å². The fourth-order valence-corrected chi connectivity index (χ4v) is 4.73. The van der Waals surface area contributed by atoms with E-state index in [2.05, 4.69) is 5.32 Å². The van der Waals surface area contributed by atoms with E-state index in [-0.39, 0.29) is 11.7 Å². The van der Waals surface area contributed by atoms with Gasteiger partial charge in [-0.05, 0) is 31.4 Å². The molecule has 2 fully saturated rings. The van der Waals surface area contributed by atoms with Crippen LogP contribution < -0.4 is 10.1 Å². The molecule has 1 spiro atoms. The zero-order valence-corrected chi connectivity index (χ0v) is 13.9. The predicted molar refractivity (Wildman–Crippen MR) is 88.5 cm³/mol. The molecule has 116 valence electrons. The second kappa shape index (κ2) is 6.78. The zero-order chi connectivity index (χ0) is 14.7. The molecule has 21 heavy (non-hydrogen) atoms. The highest BCUT2D eigenvalue weighted by molar-refractivity contribution is 7.99. The van der Waals surface area contributed by atoms with Gasteiger partial charge in [0.15, 0.2) is 0 Å². The molecule has 0 bridgehead atoms. The van der Waals surface area contributed by atoms with Gasteiger partial charge in [-0.2, -0.15) is 11.8 Å². The van der Waals surface area contributed by atoms with E-state index in [9.17, 15) is 0 Å². The van der Waals surface area contributed by atoms with E-state index in [1.165, 1.54) is 5.75 Å². The Balaban J connectivity index is 1.72. The van der Waals surface area contributed by atoms with E-state index in [1.54, 1.807) is 0 Å². The first kappa shape index (κ1) is 15.5. The van der Waals surface area contributed by atoms with Crippen molar-refractivity contribution in [1.29, 1.82) is 0 Å². The fraction of sp³-hybridized carbons (Fsp3) is 0.625. The summed E-state index contributed by atoms with van der Waals surface area (Å²) in [5, 5.41) is 3.92. The molecule has 2 aliphatic heterocycles. The molecule has 0 aromatic heterocycles. The number of nitrogens with one attached hydrogen (secondary N) is 1. The zero-order valence-electron chi connectivity index (χ0n) is 12.4. The number of hydrogen-bond acceptors (Lipinski definition) is 4. The number of thioether (sulfide) groups is 1. The highest BCUT2D eigenvalue weighted by atomic mass is 35.5. The average Bonchev–Trinajstić information content (AvgIpc) is 2.91. The Morgan fingerprint density at radius 3 is 3.19 bits per heavy atom. The molecule has 5 heteroatoms. The molecule has 0 saturated carbocycles. The van der Waals surface area contributed by atoms with Gasteiger partial charge in [0.25, 0.3) is 0 Å². The van der Waals surface area contributed by atoms with Gasteiger partial charge in [-0.15, -0.1) is 0 Å². The molecule has 3 rings (SSSR count). The first-order chi connectivity index (χ1) is 10.2. The lowest BCUT2D eigenvalue weighted by Gasteiger charge is -2.38. The number of halogens is 1. The molecule has 0 amide bonds. The maximum Gasteiger partial charge on any atom is 0.125 e. The molecular weight excluding hydrogens is 306 g/mol. The summed E-state index contributed by atoms with van der Waals surface area (Å²) in [7, 11) is 1.92. The Bertz CT molecular complexity index is 491. The van der Waals surface area contributed by atoms with Gasteiger partial charge < -0.3 is 14.8 Å². The van der Waals surface area contributed by atoms with Crippen LogP contribution in [0.15, 0.2) is 18.2 Å². The van der Waals surface area contributed by atoms with Crippen LogP contribution in [0.25, 0.3) is 0 Å². The third-order valence-corrected chi connectivity index (χ3v) is 5.82. The van der Waals surface area contributed by atoms with Crippen molar-refractivity contribution in [3.63, 3.8) is 0 Å². The van der Waals surface area contributed by atoms with Crippen LogP contribution in [0.5, 0.6) is 5.75 Å². The molecule has 1 aromatic rings. The summed E-state index contributed by atoms with van der Waals surface area (Å²) in [6.07, 6.45) is 3.33. The van der Waals surface area contributed by atoms with Crippen LogP contribution in [0, 0.1) is 0 Å². The predicted octanol–water partition coefficient (Wildman–Crippen LogP) is 3.49. The minimum atomic E-state index is 0.0509. The van der Waals surface area contributed by atoms with E-state index in [1.807, 2.05) is 37.0 Å². The van der Waals surface area contributed by atoms with Crippen molar-refractivity contribution in [3.8, 4) is 5.75 Å². The molecule has 2 heterocycles. The molecule has 0 radical (unpaired) electrons. The minimum Gasteiger partial charge on any atom is -0.490 e. The van der Waals surface area contributed by atoms with E-state index >= 15 is 0 Å². The lowest BCUT2D eigenvalue weighted by Crippen LogP contribution is -2.44. The SMILES string of the molecule is CNCc1c(Cl)cccc1OC1CCOC2(CCSC2)C1. The number of benzene rings is 1. The number of rotatable bonds is 4. The Morgan fingerprint density at radius 2 is 2.43 bits per heavy atom. The second-order valence-corrected chi connectivity index (χ2v) is 7.33. The van der Waals surface area contributed by atoms with E-state index in [0.29, 0.717) is 0 Å². The van der Waals surface area contributed by atoms with Gasteiger partial charge in [0.1, 0.15) is 11.9 Å². The van der Waals surface area contributed by atoms with Gasteiger partial charge in [-0.25, -0.2) is 0 Å². The lowest BCUT2D eigenvalue weighted by molar-refractivity contribution is -0.0960. The van der Waals surface area contributed by atoms with Crippen molar-refractivity contribution in [2.75, 3.05) is 25.2 Å². The smallest absolute Gasteiger partial charge is 0.125 e.